The zero-order chi connectivity index (χ0) is 20.0. The van der Waals surface area contributed by atoms with Crippen molar-refractivity contribution in [3.05, 3.63) is 24.0 Å². The van der Waals surface area contributed by atoms with Gasteiger partial charge in [0.25, 0.3) is 5.91 Å². The van der Waals surface area contributed by atoms with E-state index in [1.54, 1.807) is 23.7 Å². The van der Waals surface area contributed by atoms with Gasteiger partial charge in [0.15, 0.2) is 0 Å². The van der Waals surface area contributed by atoms with Gasteiger partial charge in [-0.1, -0.05) is 20.8 Å². The van der Waals surface area contributed by atoms with Gasteiger partial charge in [-0.05, 0) is 25.8 Å². The number of aromatic nitrogens is 2. The summed E-state index contributed by atoms with van der Waals surface area (Å²) < 4.78 is 1.60. The molecule has 0 aliphatic heterocycles. The fraction of sp³-hybridized carbons (Fsp3) is 0.526. The van der Waals surface area contributed by atoms with E-state index in [1.807, 2.05) is 20.8 Å². The third-order valence-electron chi connectivity index (χ3n) is 6.01. The minimum Gasteiger partial charge on any atom is -0.390 e. The van der Waals surface area contributed by atoms with Crippen LogP contribution in [-0.2, 0) is 4.79 Å². The lowest BCUT2D eigenvalue weighted by molar-refractivity contribution is -0.115. The lowest BCUT2D eigenvalue weighted by Crippen LogP contribution is -2.45. The molecule has 1 aliphatic carbocycles. The molecule has 0 aromatic carbocycles. The zero-order valence-corrected chi connectivity index (χ0v) is 16.2. The van der Waals surface area contributed by atoms with Crippen molar-refractivity contribution >= 4 is 28.7 Å². The molecular formula is C19H27N5O3. The first kappa shape index (κ1) is 19.2. The van der Waals surface area contributed by atoms with Crippen molar-refractivity contribution in [2.24, 2.45) is 11.1 Å². The molecule has 146 valence electrons. The van der Waals surface area contributed by atoms with Crippen LogP contribution in [0, 0.1) is 5.41 Å². The number of nitrogens with one attached hydrogen (secondary N) is 2. The topological polar surface area (TPSA) is 122 Å². The summed E-state index contributed by atoms with van der Waals surface area (Å²) >= 11 is 0. The van der Waals surface area contributed by atoms with Crippen LogP contribution in [0.3, 0.4) is 0 Å². The summed E-state index contributed by atoms with van der Waals surface area (Å²) in [7, 11) is 0. The van der Waals surface area contributed by atoms with E-state index < -0.39 is 16.9 Å². The maximum absolute atomic E-state index is 12.0. The van der Waals surface area contributed by atoms with Crippen LogP contribution in [0.25, 0.3) is 5.52 Å². The molecule has 3 rings (SSSR count). The van der Waals surface area contributed by atoms with Crippen LogP contribution in [0.5, 0.6) is 0 Å². The molecule has 2 atom stereocenters. The predicted octanol–water partition coefficient (Wildman–Crippen LogP) is 2.13. The monoisotopic (exact) mass is 373 g/mol. The smallest absolute Gasteiger partial charge is 0.252 e. The van der Waals surface area contributed by atoms with E-state index in [1.165, 1.54) is 6.20 Å². The molecule has 2 heterocycles. The van der Waals surface area contributed by atoms with Gasteiger partial charge in [0.2, 0.25) is 5.91 Å². The molecule has 1 aliphatic rings. The first-order chi connectivity index (χ1) is 12.6. The highest BCUT2D eigenvalue weighted by atomic mass is 16.3. The number of nitrogens with zero attached hydrogens (tertiary/aromatic N) is 2. The largest absolute Gasteiger partial charge is 0.390 e. The highest BCUT2D eigenvalue weighted by molar-refractivity contribution is 6.02. The van der Waals surface area contributed by atoms with Crippen LogP contribution >= 0.6 is 0 Å². The summed E-state index contributed by atoms with van der Waals surface area (Å²) in [5.74, 6) is -0.695. The van der Waals surface area contributed by atoms with Crippen molar-refractivity contribution in [1.29, 1.82) is 0 Å². The fourth-order valence-corrected chi connectivity index (χ4v) is 3.62. The maximum Gasteiger partial charge on any atom is 0.252 e. The quantitative estimate of drug-likeness (QED) is 0.640. The Morgan fingerprint density at radius 3 is 2.67 bits per heavy atom. The van der Waals surface area contributed by atoms with Crippen molar-refractivity contribution in [3.8, 4) is 0 Å². The number of hydrogen-bond acceptors (Lipinski definition) is 5. The van der Waals surface area contributed by atoms with Crippen LogP contribution in [0.2, 0.25) is 0 Å². The minimum absolute atomic E-state index is 0.0552. The molecule has 0 unspecified atom stereocenters. The second-order valence-corrected chi connectivity index (χ2v) is 7.99. The lowest BCUT2D eigenvalue weighted by Gasteiger charge is -2.38. The minimum atomic E-state index is -0.816. The number of aliphatic hydroxyl groups is 1. The number of rotatable bonds is 5. The van der Waals surface area contributed by atoms with Crippen molar-refractivity contribution in [2.75, 3.05) is 10.6 Å². The summed E-state index contributed by atoms with van der Waals surface area (Å²) in [5.41, 5.74) is 6.41. The van der Waals surface area contributed by atoms with Crippen LogP contribution in [0.1, 0.15) is 57.3 Å². The number of carbonyl (C=O) groups excluding carboxylic acids is 2. The van der Waals surface area contributed by atoms with Crippen molar-refractivity contribution in [2.45, 2.75) is 58.6 Å². The Morgan fingerprint density at radius 1 is 1.41 bits per heavy atom. The maximum atomic E-state index is 12.0. The molecule has 2 aromatic rings. The number of hydrogen-bond donors (Lipinski definition) is 4. The molecule has 0 bridgehead atoms. The normalized spacial score (nSPS) is 24.1. The van der Waals surface area contributed by atoms with Crippen LogP contribution in [0.4, 0.5) is 11.4 Å². The van der Waals surface area contributed by atoms with Gasteiger partial charge in [-0.3, -0.25) is 9.59 Å². The van der Waals surface area contributed by atoms with E-state index in [2.05, 4.69) is 15.7 Å². The highest BCUT2D eigenvalue weighted by Gasteiger charge is 2.50. The van der Waals surface area contributed by atoms with Gasteiger partial charge < -0.3 is 21.5 Å². The number of carbonyl (C=O) groups is 2. The Morgan fingerprint density at radius 2 is 2.11 bits per heavy atom. The standard InChI is InChI=1S/C19H27N5O3/c1-5-15(25)22-11-8-13-16(12(17(20)26)9-21-24(13)10-11)23-14-6-7-19(4,27)18(14,2)3/h8-10,14,23,27H,5-7H2,1-4H3,(H2,20,26)(H,22,25)/t14-,19-/m1/s1. The highest BCUT2D eigenvalue weighted by Crippen LogP contribution is 2.47. The van der Waals surface area contributed by atoms with E-state index in [9.17, 15) is 14.7 Å². The van der Waals surface area contributed by atoms with E-state index in [0.717, 1.165) is 6.42 Å². The predicted molar refractivity (Wildman–Crippen MR) is 104 cm³/mol. The number of amides is 2. The Balaban J connectivity index is 2.05. The summed E-state index contributed by atoms with van der Waals surface area (Å²) in [6.07, 6.45) is 4.89. The molecule has 27 heavy (non-hydrogen) atoms. The molecule has 8 nitrogen and oxygen atoms in total. The summed E-state index contributed by atoms with van der Waals surface area (Å²) in [6.45, 7) is 7.62. The van der Waals surface area contributed by atoms with E-state index in [0.29, 0.717) is 29.7 Å². The second-order valence-electron chi connectivity index (χ2n) is 7.99. The first-order valence-electron chi connectivity index (χ1n) is 9.17. The average molecular weight is 373 g/mol. The molecule has 2 aromatic heterocycles. The molecule has 0 spiro atoms. The summed E-state index contributed by atoms with van der Waals surface area (Å²) in [5, 5.41) is 21.1. The molecule has 0 saturated heterocycles. The third-order valence-corrected chi connectivity index (χ3v) is 6.01. The van der Waals surface area contributed by atoms with Crippen LogP contribution < -0.4 is 16.4 Å². The van der Waals surface area contributed by atoms with Gasteiger partial charge in [-0.2, -0.15) is 5.10 Å². The molecule has 0 radical (unpaired) electrons. The first-order valence-corrected chi connectivity index (χ1v) is 9.17. The number of primary amides is 1. The molecule has 1 fully saturated rings. The van der Waals surface area contributed by atoms with E-state index >= 15 is 0 Å². The number of nitrogens with two attached hydrogens (primary N) is 1. The molecular weight excluding hydrogens is 346 g/mol. The Bertz CT molecular complexity index is 900. The van der Waals surface area contributed by atoms with Gasteiger partial charge in [-0.15, -0.1) is 0 Å². The molecule has 1 saturated carbocycles. The van der Waals surface area contributed by atoms with Gasteiger partial charge in [-0.25, -0.2) is 4.52 Å². The molecule has 2 amide bonds. The SMILES string of the molecule is CCC(=O)Nc1cc2c(N[C@@H]3CC[C@@](C)(O)C3(C)C)c(C(N)=O)cnn2c1. The van der Waals surface area contributed by atoms with Gasteiger partial charge in [0, 0.05) is 17.9 Å². The summed E-state index contributed by atoms with van der Waals surface area (Å²) in [4.78, 5) is 23.7. The van der Waals surface area contributed by atoms with Gasteiger partial charge in [0.1, 0.15) is 0 Å². The Kier molecular flexibility index (Phi) is 4.63. The van der Waals surface area contributed by atoms with Gasteiger partial charge >= 0.3 is 0 Å². The molecule has 5 N–H and O–H groups in total. The zero-order valence-electron chi connectivity index (χ0n) is 16.2. The molecule has 8 heteroatoms. The van der Waals surface area contributed by atoms with Crippen molar-refractivity contribution in [3.63, 3.8) is 0 Å². The van der Waals surface area contributed by atoms with Gasteiger partial charge in [0.05, 0.1) is 40.4 Å². The lowest BCUT2D eigenvalue weighted by atomic mass is 9.76. The van der Waals surface area contributed by atoms with Crippen molar-refractivity contribution < 1.29 is 14.7 Å². The fourth-order valence-electron chi connectivity index (χ4n) is 3.62. The number of anilines is 2. The Labute approximate surface area is 158 Å². The van der Waals surface area contributed by atoms with E-state index in [4.69, 9.17) is 5.73 Å². The van der Waals surface area contributed by atoms with Crippen LogP contribution in [-0.4, -0.2) is 38.2 Å². The Hall–Kier alpha value is -2.61. The summed E-state index contributed by atoms with van der Waals surface area (Å²) in [6, 6.07) is 1.70. The van der Waals surface area contributed by atoms with Crippen LogP contribution in [0.15, 0.2) is 18.5 Å². The average Bonchev–Trinajstić information content (AvgIpc) is 3.07. The number of fused-ring (bicyclic) bond motifs is 1. The van der Waals surface area contributed by atoms with Crippen molar-refractivity contribution in [1.82, 2.24) is 9.61 Å². The third kappa shape index (κ3) is 3.25. The van der Waals surface area contributed by atoms with E-state index in [-0.39, 0.29) is 17.5 Å². The second kappa shape index (κ2) is 6.53.